The standard InChI is InChI=1S/C11H12N4O2/c12-8-9-1-2-14-10(7-9)17-11(16)15-5-3-13-4-6-15/h1-2,7,13H,3-6H2. The molecule has 0 unspecified atom stereocenters. The summed E-state index contributed by atoms with van der Waals surface area (Å²) >= 11 is 0. The lowest BCUT2D eigenvalue weighted by Crippen LogP contribution is -2.47. The number of carbonyl (C=O) groups is 1. The molecule has 0 atom stereocenters. The second-order valence-electron chi connectivity index (χ2n) is 3.60. The lowest BCUT2D eigenvalue weighted by molar-refractivity contribution is 0.144. The van der Waals surface area contributed by atoms with Gasteiger partial charge in [0.15, 0.2) is 0 Å². The third-order valence-electron chi connectivity index (χ3n) is 2.43. The van der Waals surface area contributed by atoms with Gasteiger partial charge in [-0.25, -0.2) is 9.78 Å². The van der Waals surface area contributed by atoms with E-state index in [1.807, 2.05) is 6.07 Å². The highest BCUT2D eigenvalue weighted by Gasteiger charge is 2.18. The molecular weight excluding hydrogens is 220 g/mol. The van der Waals surface area contributed by atoms with Gasteiger partial charge in [-0.15, -0.1) is 0 Å². The molecule has 6 heteroatoms. The number of ether oxygens (including phenoxy) is 1. The number of nitriles is 1. The van der Waals surface area contributed by atoms with Gasteiger partial charge < -0.3 is 15.0 Å². The molecule has 2 heterocycles. The van der Waals surface area contributed by atoms with E-state index in [9.17, 15) is 4.79 Å². The highest BCUT2D eigenvalue weighted by atomic mass is 16.6. The maximum absolute atomic E-state index is 11.7. The molecule has 17 heavy (non-hydrogen) atoms. The summed E-state index contributed by atoms with van der Waals surface area (Å²) in [4.78, 5) is 17.2. The number of amides is 1. The van der Waals surface area contributed by atoms with E-state index in [0.29, 0.717) is 18.7 Å². The van der Waals surface area contributed by atoms with E-state index in [1.165, 1.54) is 12.3 Å². The van der Waals surface area contributed by atoms with Gasteiger partial charge in [0.2, 0.25) is 5.88 Å². The van der Waals surface area contributed by atoms with E-state index in [1.54, 1.807) is 11.0 Å². The Hall–Kier alpha value is -2.13. The first-order valence-electron chi connectivity index (χ1n) is 5.33. The molecule has 1 N–H and O–H groups in total. The van der Waals surface area contributed by atoms with Crippen LogP contribution in [0.15, 0.2) is 18.3 Å². The van der Waals surface area contributed by atoms with Crippen molar-refractivity contribution in [3.05, 3.63) is 23.9 Å². The zero-order valence-electron chi connectivity index (χ0n) is 9.22. The minimum absolute atomic E-state index is 0.160. The molecule has 88 valence electrons. The number of carbonyl (C=O) groups excluding carboxylic acids is 1. The van der Waals surface area contributed by atoms with Crippen molar-refractivity contribution in [2.75, 3.05) is 26.2 Å². The zero-order chi connectivity index (χ0) is 12.1. The van der Waals surface area contributed by atoms with Gasteiger partial charge in [-0.2, -0.15) is 5.26 Å². The van der Waals surface area contributed by atoms with Crippen LogP contribution < -0.4 is 10.1 Å². The Morgan fingerprint density at radius 3 is 3.00 bits per heavy atom. The van der Waals surface area contributed by atoms with Crippen LogP contribution in [0.2, 0.25) is 0 Å². The molecule has 0 spiro atoms. The summed E-state index contributed by atoms with van der Waals surface area (Å²) in [6.45, 7) is 2.77. The summed E-state index contributed by atoms with van der Waals surface area (Å²) in [7, 11) is 0. The fourth-order valence-electron chi connectivity index (χ4n) is 1.54. The average molecular weight is 232 g/mol. The molecule has 0 saturated carbocycles. The fraction of sp³-hybridized carbons (Fsp3) is 0.364. The van der Waals surface area contributed by atoms with Gasteiger partial charge in [0.25, 0.3) is 0 Å². The van der Waals surface area contributed by atoms with E-state index in [-0.39, 0.29) is 5.88 Å². The van der Waals surface area contributed by atoms with Gasteiger partial charge in [-0.3, -0.25) is 0 Å². The van der Waals surface area contributed by atoms with E-state index in [0.717, 1.165) is 13.1 Å². The number of piperazine rings is 1. The number of nitrogens with one attached hydrogen (secondary N) is 1. The summed E-state index contributed by atoms with van der Waals surface area (Å²) in [5.74, 6) is 0.160. The predicted octanol–water partition coefficient (Wildman–Crippen LogP) is 0.357. The van der Waals surface area contributed by atoms with Gasteiger partial charge in [0.05, 0.1) is 11.6 Å². The molecule has 1 saturated heterocycles. The van der Waals surface area contributed by atoms with Gasteiger partial charge in [-0.05, 0) is 6.07 Å². The maximum Gasteiger partial charge on any atom is 0.416 e. The van der Waals surface area contributed by atoms with Crippen molar-refractivity contribution >= 4 is 6.09 Å². The van der Waals surface area contributed by atoms with Crippen LogP contribution in [0.3, 0.4) is 0 Å². The van der Waals surface area contributed by atoms with Crippen LogP contribution in [0.4, 0.5) is 4.79 Å². The van der Waals surface area contributed by atoms with E-state index in [2.05, 4.69) is 10.3 Å². The van der Waals surface area contributed by atoms with E-state index in [4.69, 9.17) is 10.00 Å². The van der Waals surface area contributed by atoms with Crippen molar-refractivity contribution in [3.63, 3.8) is 0 Å². The molecule has 1 aliphatic rings. The quantitative estimate of drug-likeness (QED) is 0.756. The van der Waals surface area contributed by atoms with Crippen LogP contribution >= 0.6 is 0 Å². The molecule has 6 nitrogen and oxygen atoms in total. The lowest BCUT2D eigenvalue weighted by Gasteiger charge is -2.26. The third-order valence-corrected chi connectivity index (χ3v) is 2.43. The Balaban J connectivity index is 1.99. The van der Waals surface area contributed by atoms with Crippen molar-refractivity contribution in [1.29, 1.82) is 5.26 Å². The van der Waals surface area contributed by atoms with Crippen LogP contribution in [0.5, 0.6) is 5.88 Å². The summed E-state index contributed by atoms with van der Waals surface area (Å²) < 4.78 is 5.09. The smallest absolute Gasteiger partial charge is 0.391 e. The molecule has 0 bridgehead atoms. The second-order valence-corrected chi connectivity index (χ2v) is 3.60. The molecule has 1 aliphatic heterocycles. The SMILES string of the molecule is N#Cc1ccnc(OC(=O)N2CCNCC2)c1. The molecular formula is C11H12N4O2. The summed E-state index contributed by atoms with van der Waals surface area (Å²) in [6.07, 6.45) is 1.02. The Kier molecular flexibility index (Phi) is 3.52. The Labute approximate surface area is 98.8 Å². The third kappa shape index (κ3) is 2.92. The van der Waals surface area contributed by atoms with E-state index >= 15 is 0 Å². The van der Waals surface area contributed by atoms with Crippen LogP contribution in [-0.4, -0.2) is 42.2 Å². The first-order valence-corrected chi connectivity index (χ1v) is 5.33. The van der Waals surface area contributed by atoms with Crippen LogP contribution in [0.1, 0.15) is 5.56 Å². The highest BCUT2D eigenvalue weighted by Crippen LogP contribution is 2.10. The topological polar surface area (TPSA) is 78.2 Å². The van der Waals surface area contributed by atoms with Crippen molar-refractivity contribution in [2.24, 2.45) is 0 Å². The normalized spacial score (nSPS) is 15.1. The van der Waals surface area contributed by atoms with Crippen molar-refractivity contribution in [2.45, 2.75) is 0 Å². The van der Waals surface area contributed by atoms with Gasteiger partial charge in [-0.1, -0.05) is 0 Å². The zero-order valence-corrected chi connectivity index (χ0v) is 9.22. The molecule has 0 aliphatic carbocycles. The first-order chi connectivity index (χ1) is 8.29. The van der Waals surface area contributed by atoms with Crippen LogP contribution in [-0.2, 0) is 0 Å². The Morgan fingerprint density at radius 1 is 1.53 bits per heavy atom. The number of nitrogens with zero attached hydrogens (tertiary/aromatic N) is 3. The number of hydrogen-bond donors (Lipinski definition) is 1. The van der Waals surface area contributed by atoms with Crippen molar-refractivity contribution in [3.8, 4) is 11.9 Å². The van der Waals surface area contributed by atoms with Crippen molar-refractivity contribution in [1.82, 2.24) is 15.2 Å². The lowest BCUT2D eigenvalue weighted by atomic mass is 10.3. The van der Waals surface area contributed by atoms with Gasteiger partial charge in [0.1, 0.15) is 0 Å². The number of rotatable bonds is 1. The Bertz CT molecular complexity index is 449. The molecule has 0 aromatic carbocycles. The molecule has 1 aromatic rings. The number of aromatic nitrogens is 1. The number of hydrogen-bond acceptors (Lipinski definition) is 5. The molecule has 0 radical (unpaired) electrons. The minimum Gasteiger partial charge on any atom is -0.391 e. The number of pyridine rings is 1. The van der Waals surface area contributed by atoms with Gasteiger partial charge >= 0.3 is 6.09 Å². The summed E-state index contributed by atoms with van der Waals surface area (Å²) in [6, 6.07) is 4.97. The first kappa shape index (κ1) is 11.4. The van der Waals surface area contributed by atoms with E-state index < -0.39 is 6.09 Å². The van der Waals surface area contributed by atoms with Crippen LogP contribution in [0, 0.1) is 11.3 Å². The van der Waals surface area contributed by atoms with Crippen molar-refractivity contribution < 1.29 is 9.53 Å². The molecule has 1 fully saturated rings. The minimum atomic E-state index is -0.422. The molecule has 1 amide bonds. The highest BCUT2D eigenvalue weighted by molar-refractivity contribution is 5.70. The largest absolute Gasteiger partial charge is 0.416 e. The summed E-state index contributed by atoms with van der Waals surface area (Å²) in [5.41, 5.74) is 0.420. The molecule has 2 rings (SSSR count). The van der Waals surface area contributed by atoms with Crippen LogP contribution in [0.25, 0.3) is 0 Å². The monoisotopic (exact) mass is 232 g/mol. The predicted molar refractivity (Wildman–Crippen MR) is 59.4 cm³/mol. The Morgan fingerprint density at radius 2 is 2.29 bits per heavy atom. The fourth-order valence-corrected chi connectivity index (χ4v) is 1.54. The second kappa shape index (κ2) is 5.27. The maximum atomic E-state index is 11.7. The average Bonchev–Trinajstić information content (AvgIpc) is 2.40. The molecule has 1 aromatic heterocycles. The van der Waals surface area contributed by atoms with Gasteiger partial charge in [0, 0.05) is 38.4 Å². The summed E-state index contributed by atoms with van der Waals surface area (Å²) in [5, 5.41) is 11.9.